The Labute approximate surface area is 323 Å². The molecule has 3 aliphatic rings. The van der Waals surface area contributed by atoms with Gasteiger partial charge in [0, 0.05) is 18.5 Å². The molecule has 0 spiro atoms. The van der Waals surface area contributed by atoms with E-state index in [-0.39, 0.29) is 31.0 Å². The molecule has 3 aliphatic heterocycles. The highest BCUT2D eigenvalue weighted by atomic mass is 16.9. The summed E-state index contributed by atoms with van der Waals surface area (Å²) in [6.45, 7) is 8.06. The van der Waals surface area contributed by atoms with E-state index in [1.807, 2.05) is 76.2 Å². The first kappa shape index (κ1) is 40.6. The van der Waals surface area contributed by atoms with Gasteiger partial charge in [0.25, 0.3) is 0 Å². The maximum absolute atomic E-state index is 13.0. The molecule has 2 aromatic carbocycles. The van der Waals surface area contributed by atoms with Crippen molar-refractivity contribution in [2.45, 2.75) is 134 Å². The molecule has 0 aliphatic carbocycles. The fourth-order valence-electron chi connectivity index (χ4n) is 7.41. The summed E-state index contributed by atoms with van der Waals surface area (Å²) in [5.74, 6) is 0.0400. The van der Waals surface area contributed by atoms with Gasteiger partial charge in [0.1, 0.15) is 48.2 Å². The highest BCUT2D eigenvalue weighted by molar-refractivity contribution is 5.86. The van der Waals surface area contributed by atoms with E-state index in [2.05, 4.69) is 10.5 Å². The zero-order valence-electron chi connectivity index (χ0n) is 32.9. The van der Waals surface area contributed by atoms with E-state index in [0.717, 1.165) is 79.6 Å². The van der Waals surface area contributed by atoms with E-state index in [0.29, 0.717) is 24.4 Å². The molecule has 1 aromatic heterocycles. The normalized spacial score (nSPS) is 23.5. The number of carbonyl (C=O) groups excluding carboxylic acids is 2. The Kier molecular flexibility index (Phi) is 13.5. The largest absolute Gasteiger partial charge is 0.497 e. The quantitative estimate of drug-likeness (QED) is 0.0979. The molecule has 6 rings (SSSR count). The van der Waals surface area contributed by atoms with E-state index in [1.54, 1.807) is 14.2 Å². The number of benzene rings is 2. The predicted molar refractivity (Wildman–Crippen MR) is 202 cm³/mol. The van der Waals surface area contributed by atoms with Gasteiger partial charge in [-0.25, -0.2) is 0 Å². The lowest BCUT2D eigenvalue weighted by atomic mass is 9.98. The van der Waals surface area contributed by atoms with Crippen LogP contribution < -0.4 is 14.8 Å². The third-order valence-corrected chi connectivity index (χ3v) is 10.1. The third-order valence-electron chi connectivity index (χ3n) is 10.1. The van der Waals surface area contributed by atoms with Gasteiger partial charge < -0.3 is 47.7 Å². The maximum atomic E-state index is 13.0. The minimum atomic E-state index is -0.797. The molecular formula is C42H56N2O11. The lowest BCUT2D eigenvalue weighted by Crippen LogP contribution is -2.56. The number of methoxy groups -OCH3 is 2. The lowest BCUT2D eigenvalue weighted by Gasteiger charge is -2.36. The number of rotatable bonds is 19. The van der Waals surface area contributed by atoms with E-state index >= 15 is 0 Å². The summed E-state index contributed by atoms with van der Waals surface area (Å²) >= 11 is 0. The molecule has 0 radical (unpaired) electrons. The highest BCUT2D eigenvalue weighted by Gasteiger charge is 2.60. The van der Waals surface area contributed by atoms with Crippen molar-refractivity contribution in [2.75, 3.05) is 27.4 Å². The van der Waals surface area contributed by atoms with Crippen LogP contribution in [0.1, 0.15) is 91.2 Å². The van der Waals surface area contributed by atoms with Gasteiger partial charge in [-0.1, -0.05) is 55.8 Å². The number of esters is 1. The van der Waals surface area contributed by atoms with Crippen LogP contribution in [0.15, 0.2) is 53.1 Å². The van der Waals surface area contributed by atoms with Crippen molar-refractivity contribution < 1.29 is 52.0 Å². The van der Waals surface area contributed by atoms with Crippen LogP contribution >= 0.6 is 0 Å². The first-order chi connectivity index (χ1) is 26.4. The molecule has 3 fully saturated rings. The number of carbonyl (C=O) groups is 2. The minimum Gasteiger partial charge on any atom is -0.497 e. The minimum absolute atomic E-state index is 0.0726. The van der Waals surface area contributed by atoms with Gasteiger partial charge in [-0.3, -0.25) is 9.59 Å². The van der Waals surface area contributed by atoms with Gasteiger partial charge in [0.15, 0.2) is 23.6 Å². The smallest absolute Gasteiger partial charge is 0.305 e. The van der Waals surface area contributed by atoms with Gasteiger partial charge in [-0.05, 0) is 82.5 Å². The van der Waals surface area contributed by atoms with Crippen LogP contribution in [0.5, 0.6) is 11.5 Å². The molecule has 3 aromatic rings. The Balaban J connectivity index is 0.839. The Morgan fingerprint density at radius 2 is 1.27 bits per heavy atom. The fraction of sp³-hybridized carbons (Fsp3) is 0.595. The second kappa shape index (κ2) is 18.3. The number of unbranched alkanes of at least 4 members (excludes halogenated alkanes) is 7. The number of hydrogen-bond donors (Lipinski definition) is 1. The van der Waals surface area contributed by atoms with Gasteiger partial charge in [0.05, 0.1) is 26.2 Å². The summed E-state index contributed by atoms with van der Waals surface area (Å²) in [4.78, 5) is 25.5. The number of nitrogens with one attached hydrogen (secondary N) is 1. The van der Waals surface area contributed by atoms with Crippen LogP contribution in [-0.4, -0.2) is 86.7 Å². The van der Waals surface area contributed by atoms with Crippen molar-refractivity contribution in [3.8, 4) is 33.9 Å². The predicted octanol–water partition coefficient (Wildman–Crippen LogP) is 7.14. The molecule has 13 heteroatoms. The Morgan fingerprint density at radius 3 is 1.93 bits per heavy atom. The van der Waals surface area contributed by atoms with Crippen molar-refractivity contribution in [2.24, 2.45) is 0 Å². The van der Waals surface area contributed by atoms with Crippen LogP contribution in [0.4, 0.5) is 0 Å². The van der Waals surface area contributed by atoms with Crippen LogP contribution in [-0.2, 0) is 44.4 Å². The van der Waals surface area contributed by atoms with Crippen LogP contribution in [0.3, 0.4) is 0 Å². The first-order valence-electron chi connectivity index (χ1n) is 19.5. The summed E-state index contributed by atoms with van der Waals surface area (Å²) in [6, 6.07) is 15.2. The Hall–Kier alpha value is -4.01. The van der Waals surface area contributed by atoms with Crippen LogP contribution in [0, 0.1) is 0 Å². The number of fused-ring (bicyclic) bond motifs is 3. The SMILES string of the molecule is COc1ccc(-c2noc(CC(=O)NCCCCCCCCCCC(=O)OCC3OC4OC(C)(C)OC4C4OC(C)(C)OC34)c2-c2ccc(OC)cc2)cc1. The number of amides is 1. The zero-order chi connectivity index (χ0) is 39.0. The van der Waals surface area contributed by atoms with Crippen molar-refractivity contribution in [1.29, 1.82) is 0 Å². The molecule has 3 saturated heterocycles. The summed E-state index contributed by atoms with van der Waals surface area (Å²) in [6.07, 6.45) is 6.15. The fourth-order valence-corrected chi connectivity index (χ4v) is 7.41. The molecule has 5 unspecified atom stereocenters. The second-order valence-electron chi connectivity index (χ2n) is 15.3. The highest BCUT2D eigenvalue weighted by Crippen LogP contribution is 2.44. The van der Waals surface area contributed by atoms with Crippen molar-refractivity contribution >= 4 is 11.9 Å². The molecule has 4 heterocycles. The molecule has 1 N–H and O–H groups in total. The van der Waals surface area contributed by atoms with Crippen molar-refractivity contribution in [3.05, 3.63) is 54.3 Å². The average Bonchev–Trinajstić information content (AvgIpc) is 3.83. The molecular weight excluding hydrogens is 708 g/mol. The molecule has 0 saturated carbocycles. The number of ether oxygens (including phenoxy) is 8. The van der Waals surface area contributed by atoms with Gasteiger partial charge >= 0.3 is 5.97 Å². The monoisotopic (exact) mass is 764 g/mol. The summed E-state index contributed by atoms with van der Waals surface area (Å²) in [7, 11) is 3.25. The molecule has 0 bridgehead atoms. The number of aromatic nitrogens is 1. The topological polar surface area (TPSA) is 146 Å². The lowest BCUT2D eigenvalue weighted by molar-refractivity contribution is -0.242. The summed E-state index contributed by atoms with van der Waals surface area (Å²) in [5, 5.41) is 7.40. The average molecular weight is 765 g/mol. The van der Waals surface area contributed by atoms with E-state index in [4.69, 9.17) is 42.4 Å². The molecule has 1 amide bonds. The van der Waals surface area contributed by atoms with E-state index in [1.165, 1.54) is 0 Å². The summed E-state index contributed by atoms with van der Waals surface area (Å²) in [5.41, 5.74) is 3.19. The van der Waals surface area contributed by atoms with Crippen LogP contribution in [0.25, 0.3) is 22.4 Å². The second-order valence-corrected chi connectivity index (χ2v) is 15.3. The van der Waals surface area contributed by atoms with Gasteiger partial charge in [0.2, 0.25) is 5.91 Å². The Morgan fingerprint density at radius 1 is 0.709 bits per heavy atom. The first-order valence-corrected chi connectivity index (χ1v) is 19.5. The standard InChI is InChI=1S/C42H56N2O11/c1-41(2)51-37-32(50-40-39(38(37)52-41)53-42(3,4)54-40)26-49-34(46)15-13-11-9-7-8-10-12-14-24-43-33(45)25-31-35(27-16-20-29(47-5)21-17-27)36(44-55-31)28-18-22-30(48-6)23-19-28/h16-23,32,37-40H,7-15,24-26H2,1-6H3,(H,43,45). The maximum Gasteiger partial charge on any atom is 0.305 e. The molecule has 55 heavy (non-hydrogen) atoms. The number of nitrogens with zero attached hydrogens (tertiary/aromatic N) is 1. The zero-order valence-corrected chi connectivity index (χ0v) is 32.9. The van der Waals surface area contributed by atoms with E-state index in [9.17, 15) is 9.59 Å². The molecule has 13 nitrogen and oxygen atoms in total. The van der Waals surface area contributed by atoms with Crippen molar-refractivity contribution in [3.63, 3.8) is 0 Å². The van der Waals surface area contributed by atoms with Gasteiger partial charge in [-0.15, -0.1) is 0 Å². The molecule has 5 atom stereocenters. The summed E-state index contributed by atoms with van der Waals surface area (Å²) < 4.78 is 52.3. The Bertz CT molecular complexity index is 1700. The van der Waals surface area contributed by atoms with Crippen LogP contribution in [0.2, 0.25) is 0 Å². The van der Waals surface area contributed by atoms with Gasteiger partial charge in [-0.2, -0.15) is 0 Å². The third kappa shape index (κ3) is 10.6. The van der Waals surface area contributed by atoms with E-state index < -0.39 is 36.2 Å². The number of hydrogen-bond acceptors (Lipinski definition) is 12. The molecule has 300 valence electrons. The van der Waals surface area contributed by atoms with Crippen molar-refractivity contribution in [1.82, 2.24) is 10.5 Å².